The van der Waals surface area contributed by atoms with Crippen molar-refractivity contribution in [3.8, 4) is 11.5 Å². The number of oxazole rings is 1. The fraction of sp³-hybridized carbons (Fsp3) is 0.133. The Bertz CT molecular complexity index is 854. The number of benzene rings is 1. The van der Waals surface area contributed by atoms with Crippen molar-refractivity contribution >= 4 is 57.6 Å². The highest BCUT2D eigenvalue weighted by Gasteiger charge is 2.31. The van der Waals surface area contributed by atoms with E-state index in [1.165, 1.54) is 0 Å². The van der Waals surface area contributed by atoms with Crippen LogP contribution in [-0.4, -0.2) is 19.7 Å². The van der Waals surface area contributed by atoms with E-state index in [0.717, 1.165) is 5.56 Å². The summed E-state index contributed by atoms with van der Waals surface area (Å²) in [5.74, 6) is -0.343. The number of hydrogen-bond donors (Lipinski definition) is 1. The maximum atomic E-state index is 11.8. The fourth-order valence-electron chi connectivity index (χ4n) is 1.98. The number of aromatic nitrogens is 2. The molecule has 0 saturated carbocycles. The van der Waals surface area contributed by atoms with E-state index < -0.39 is 9.70 Å². The Labute approximate surface area is 146 Å². The van der Waals surface area contributed by atoms with Gasteiger partial charge in [-0.25, -0.2) is 4.98 Å². The highest BCUT2D eigenvalue weighted by atomic mass is 35.6. The first-order chi connectivity index (χ1) is 10.8. The summed E-state index contributed by atoms with van der Waals surface area (Å²) in [5, 5.41) is 2.57. The van der Waals surface area contributed by atoms with Crippen molar-refractivity contribution in [3.05, 3.63) is 42.1 Å². The van der Waals surface area contributed by atoms with Crippen LogP contribution in [0.25, 0.3) is 22.7 Å². The third-order valence-electron chi connectivity index (χ3n) is 3.16. The standard InChI is InChI=1S/C15H10Cl3N3O2/c1-8-4-5-9(7-10(8)20-14(22)15(16,17)18)13-21-12-11(23-13)3-2-6-19-12/h2-7H,1H3,(H,20,22). The van der Waals surface area contributed by atoms with Gasteiger partial charge in [0.1, 0.15) is 0 Å². The molecule has 0 bridgehead atoms. The number of nitrogens with zero attached hydrogens (tertiary/aromatic N) is 2. The Morgan fingerprint density at radius 3 is 2.74 bits per heavy atom. The molecule has 0 aliphatic rings. The van der Waals surface area contributed by atoms with Gasteiger partial charge in [-0.3, -0.25) is 4.79 Å². The second-order valence-corrected chi connectivity index (χ2v) is 7.11. The summed E-state index contributed by atoms with van der Waals surface area (Å²) in [6, 6.07) is 8.88. The van der Waals surface area contributed by atoms with Crippen LogP contribution in [0.4, 0.5) is 5.69 Å². The lowest BCUT2D eigenvalue weighted by Crippen LogP contribution is -2.27. The molecule has 0 aliphatic heterocycles. The average molecular weight is 371 g/mol. The monoisotopic (exact) mass is 369 g/mol. The highest BCUT2D eigenvalue weighted by Crippen LogP contribution is 2.31. The van der Waals surface area contributed by atoms with E-state index in [1.54, 1.807) is 24.4 Å². The zero-order chi connectivity index (χ0) is 16.6. The topological polar surface area (TPSA) is 68.0 Å². The minimum atomic E-state index is -2.04. The van der Waals surface area contributed by atoms with Gasteiger partial charge in [0, 0.05) is 17.4 Å². The number of carbonyl (C=O) groups excluding carboxylic acids is 1. The summed E-state index contributed by atoms with van der Waals surface area (Å²) in [4.78, 5) is 20.3. The largest absolute Gasteiger partial charge is 0.434 e. The number of aryl methyl sites for hydroxylation is 1. The molecule has 1 N–H and O–H groups in total. The van der Waals surface area contributed by atoms with Gasteiger partial charge in [0.2, 0.25) is 5.89 Å². The molecule has 0 saturated heterocycles. The number of amides is 1. The van der Waals surface area contributed by atoms with E-state index in [1.807, 2.05) is 19.1 Å². The fourth-order valence-corrected chi connectivity index (χ4v) is 2.12. The molecular weight excluding hydrogens is 361 g/mol. The number of pyridine rings is 1. The van der Waals surface area contributed by atoms with E-state index in [4.69, 9.17) is 39.2 Å². The van der Waals surface area contributed by atoms with Gasteiger partial charge in [-0.15, -0.1) is 0 Å². The molecule has 0 atom stereocenters. The second-order valence-electron chi connectivity index (χ2n) is 4.83. The molecule has 3 aromatic rings. The summed E-state index contributed by atoms with van der Waals surface area (Å²) in [7, 11) is 0. The number of carbonyl (C=O) groups is 1. The molecule has 0 fully saturated rings. The van der Waals surface area contributed by atoms with Crippen LogP contribution in [0.1, 0.15) is 5.56 Å². The van der Waals surface area contributed by atoms with Crippen molar-refractivity contribution in [1.82, 2.24) is 9.97 Å². The average Bonchev–Trinajstić information content (AvgIpc) is 2.92. The molecule has 0 radical (unpaired) electrons. The Hall–Kier alpha value is -1.82. The van der Waals surface area contributed by atoms with Crippen LogP contribution in [0.15, 0.2) is 40.9 Å². The van der Waals surface area contributed by atoms with Gasteiger partial charge in [-0.2, -0.15) is 4.98 Å². The molecule has 23 heavy (non-hydrogen) atoms. The smallest absolute Gasteiger partial charge is 0.276 e. The van der Waals surface area contributed by atoms with Crippen molar-refractivity contribution in [2.75, 3.05) is 5.32 Å². The molecule has 5 nitrogen and oxygen atoms in total. The van der Waals surface area contributed by atoms with Crippen molar-refractivity contribution in [2.45, 2.75) is 10.7 Å². The van der Waals surface area contributed by atoms with Crippen LogP contribution in [0.2, 0.25) is 0 Å². The van der Waals surface area contributed by atoms with Gasteiger partial charge < -0.3 is 9.73 Å². The second kappa shape index (κ2) is 6.00. The van der Waals surface area contributed by atoms with E-state index in [2.05, 4.69) is 15.3 Å². The minimum absolute atomic E-state index is 0.392. The first kappa shape index (κ1) is 16.1. The van der Waals surface area contributed by atoms with Crippen LogP contribution in [0.5, 0.6) is 0 Å². The molecule has 3 rings (SSSR count). The van der Waals surface area contributed by atoms with Gasteiger partial charge in [0.15, 0.2) is 11.2 Å². The predicted molar refractivity (Wildman–Crippen MR) is 90.9 cm³/mol. The number of nitrogens with one attached hydrogen (secondary N) is 1. The zero-order valence-electron chi connectivity index (χ0n) is 11.8. The Balaban J connectivity index is 1.98. The third-order valence-corrected chi connectivity index (χ3v) is 3.67. The molecule has 2 heterocycles. The quantitative estimate of drug-likeness (QED) is 0.674. The van der Waals surface area contributed by atoms with Crippen LogP contribution in [-0.2, 0) is 4.79 Å². The molecule has 118 valence electrons. The lowest BCUT2D eigenvalue weighted by atomic mass is 10.1. The lowest BCUT2D eigenvalue weighted by Gasteiger charge is -2.13. The van der Waals surface area contributed by atoms with Gasteiger partial charge in [0.05, 0.1) is 0 Å². The van der Waals surface area contributed by atoms with Crippen LogP contribution >= 0.6 is 34.8 Å². The first-order valence-electron chi connectivity index (χ1n) is 6.55. The number of fused-ring (bicyclic) bond motifs is 1. The van der Waals surface area contributed by atoms with E-state index in [0.29, 0.717) is 28.4 Å². The number of hydrogen-bond acceptors (Lipinski definition) is 4. The van der Waals surface area contributed by atoms with Crippen LogP contribution < -0.4 is 5.32 Å². The minimum Gasteiger partial charge on any atom is -0.434 e. The van der Waals surface area contributed by atoms with Crippen molar-refractivity contribution in [3.63, 3.8) is 0 Å². The SMILES string of the molecule is Cc1ccc(-c2nc3ncccc3o2)cc1NC(=O)C(Cl)(Cl)Cl. The van der Waals surface area contributed by atoms with E-state index in [-0.39, 0.29) is 0 Å². The first-order valence-corrected chi connectivity index (χ1v) is 7.69. The molecular formula is C15H10Cl3N3O2. The molecule has 0 aliphatic carbocycles. The maximum absolute atomic E-state index is 11.8. The number of anilines is 1. The Kier molecular flexibility index (Phi) is 4.19. The predicted octanol–water partition coefficient (Wildman–Crippen LogP) is 4.51. The summed E-state index contributed by atoms with van der Waals surface area (Å²) in [5.41, 5.74) is 3.08. The summed E-state index contributed by atoms with van der Waals surface area (Å²) >= 11 is 16.7. The van der Waals surface area contributed by atoms with Gasteiger partial charge in [0.25, 0.3) is 9.70 Å². The highest BCUT2D eigenvalue weighted by molar-refractivity contribution is 6.76. The summed E-state index contributed by atoms with van der Waals surface area (Å²) in [6.45, 7) is 1.82. The van der Waals surface area contributed by atoms with Gasteiger partial charge >= 0.3 is 0 Å². The van der Waals surface area contributed by atoms with Gasteiger partial charge in [-0.1, -0.05) is 40.9 Å². The molecule has 1 aromatic carbocycles. The van der Waals surface area contributed by atoms with E-state index >= 15 is 0 Å². The van der Waals surface area contributed by atoms with Gasteiger partial charge in [-0.05, 0) is 36.8 Å². The molecule has 1 amide bonds. The van der Waals surface area contributed by atoms with Crippen molar-refractivity contribution in [1.29, 1.82) is 0 Å². The Morgan fingerprint density at radius 1 is 1.26 bits per heavy atom. The summed E-state index contributed by atoms with van der Waals surface area (Å²) < 4.78 is 3.62. The number of rotatable bonds is 2. The van der Waals surface area contributed by atoms with Crippen molar-refractivity contribution < 1.29 is 9.21 Å². The molecule has 0 spiro atoms. The molecule has 2 aromatic heterocycles. The van der Waals surface area contributed by atoms with Crippen LogP contribution in [0, 0.1) is 6.92 Å². The number of halogens is 3. The van der Waals surface area contributed by atoms with Crippen molar-refractivity contribution in [2.24, 2.45) is 0 Å². The van der Waals surface area contributed by atoms with Crippen LogP contribution in [0.3, 0.4) is 0 Å². The molecule has 0 unspecified atom stereocenters. The lowest BCUT2D eigenvalue weighted by molar-refractivity contribution is -0.115. The molecule has 8 heteroatoms. The zero-order valence-corrected chi connectivity index (χ0v) is 14.1. The Morgan fingerprint density at radius 2 is 2.04 bits per heavy atom. The third kappa shape index (κ3) is 3.42. The number of alkyl halides is 3. The van der Waals surface area contributed by atoms with E-state index in [9.17, 15) is 4.79 Å². The maximum Gasteiger partial charge on any atom is 0.276 e. The normalized spacial score (nSPS) is 11.7. The summed E-state index contributed by atoms with van der Waals surface area (Å²) in [6.07, 6.45) is 1.64.